The molecule has 4 heteroatoms. The zero-order valence-corrected chi connectivity index (χ0v) is 7.86. The summed E-state index contributed by atoms with van der Waals surface area (Å²) >= 11 is 0. The average Bonchev–Trinajstić information content (AvgIpc) is 2.20. The van der Waals surface area contributed by atoms with Crippen molar-refractivity contribution < 1.29 is 18.3 Å². The number of hydrogen-bond acceptors (Lipinski definition) is 1. The van der Waals surface area contributed by atoms with Crippen molar-refractivity contribution >= 4 is 0 Å². The summed E-state index contributed by atoms with van der Waals surface area (Å²) in [5, 5.41) is 8.45. The molecule has 0 saturated heterocycles. The topological polar surface area (TPSA) is 20.2 Å². The lowest BCUT2D eigenvalue weighted by Gasteiger charge is -1.96. The summed E-state index contributed by atoms with van der Waals surface area (Å²) in [4.78, 5) is 0. The number of aliphatic hydroxyl groups excluding tert-OH is 1. The standard InChI is InChI=1S/C11H9F3O/c12-9-7-11(14)10(13)6-8(9)4-2-1-3-5-15/h6-7,15H,1,3,5H2. The Bertz CT molecular complexity index is 404. The Balaban J connectivity index is 2.84. The monoisotopic (exact) mass is 214 g/mol. The van der Waals surface area contributed by atoms with Crippen LogP contribution in [-0.4, -0.2) is 11.7 Å². The van der Waals surface area contributed by atoms with E-state index in [9.17, 15) is 13.2 Å². The fraction of sp³-hybridized carbons (Fsp3) is 0.273. The molecule has 1 N–H and O–H groups in total. The summed E-state index contributed by atoms with van der Waals surface area (Å²) in [6.07, 6.45) is 0.854. The van der Waals surface area contributed by atoms with Crippen molar-refractivity contribution in [3.63, 3.8) is 0 Å². The molecule has 0 saturated carbocycles. The van der Waals surface area contributed by atoms with Crippen LogP contribution in [0.1, 0.15) is 18.4 Å². The minimum Gasteiger partial charge on any atom is -0.396 e. The third kappa shape index (κ3) is 3.30. The van der Waals surface area contributed by atoms with Crippen LogP contribution in [0.4, 0.5) is 13.2 Å². The molecule has 0 aliphatic carbocycles. The first-order valence-corrected chi connectivity index (χ1v) is 4.39. The Hall–Kier alpha value is -1.47. The van der Waals surface area contributed by atoms with Gasteiger partial charge in [0, 0.05) is 19.1 Å². The van der Waals surface area contributed by atoms with Gasteiger partial charge in [0.25, 0.3) is 0 Å². The largest absolute Gasteiger partial charge is 0.396 e. The molecule has 1 nitrogen and oxygen atoms in total. The minimum atomic E-state index is -1.23. The molecule has 0 amide bonds. The van der Waals surface area contributed by atoms with Crippen LogP contribution in [0, 0.1) is 29.3 Å². The van der Waals surface area contributed by atoms with Crippen LogP contribution in [0.3, 0.4) is 0 Å². The molecule has 1 rings (SSSR count). The summed E-state index contributed by atoms with van der Waals surface area (Å²) in [7, 11) is 0. The smallest absolute Gasteiger partial charge is 0.161 e. The van der Waals surface area contributed by atoms with Gasteiger partial charge in [0.15, 0.2) is 11.6 Å². The molecule has 0 aliphatic rings. The Morgan fingerprint density at radius 3 is 2.40 bits per heavy atom. The van der Waals surface area contributed by atoms with Gasteiger partial charge in [-0.3, -0.25) is 0 Å². The van der Waals surface area contributed by atoms with Gasteiger partial charge in [-0.05, 0) is 12.5 Å². The van der Waals surface area contributed by atoms with Crippen LogP contribution in [0.25, 0.3) is 0 Å². The van der Waals surface area contributed by atoms with E-state index in [2.05, 4.69) is 11.8 Å². The van der Waals surface area contributed by atoms with Crippen molar-refractivity contribution in [1.82, 2.24) is 0 Å². The van der Waals surface area contributed by atoms with Gasteiger partial charge in [-0.2, -0.15) is 0 Å². The molecule has 0 radical (unpaired) electrons. The predicted octanol–water partition coefficient (Wildman–Crippen LogP) is 2.23. The van der Waals surface area contributed by atoms with Gasteiger partial charge >= 0.3 is 0 Å². The van der Waals surface area contributed by atoms with Crippen molar-refractivity contribution in [3.05, 3.63) is 35.1 Å². The van der Waals surface area contributed by atoms with E-state index in [4.69, 9.17) is 5.11 Å². The maximum absolute atomic E-state index is 13.0. The van der Waals surface area contributed by atoms with Gasteiger partial charge in [0.1, 0.15) is 5.82 Å². The highest BCUT2D eigenvalue weighted by atomic mass is 19.2. The Morgan fingerprint density at radius 1 is 1.07 bits per heavy atom. The number of unbranched alkanes of at least 4 members (excludes halogenated alkanes) is 1. The van der Waals surface area contributed by atoms with Crippen LogP contribution in [0.2, 0.25) is 0 Å². The molecule has 0 atom stereocenters. The maximum atomic E-state index is 13.0. The van der Waals surface area contributed by atoms with Gasteiger partial charge in [0.2, 0.25) is 0 Å². The zero-order chi connectivity index (χ0) is 11.3. The molecule has 80 valence electrons. The van der Waals surface area contributed by atoms with Crippen molar-refractivity contribution in [2.45, 2.75) is 12.8 Å². The molecule has 0 aromatic heterocycles. The Morgan fingerprint density at radius 2 is 1.73 bits per heavy atom. The van der Waals surface area contributed by atoms with E-state index in [-0.39, 0.29) is 12.2 Å². The first kappa shape index (κ1) is 11.6. The lowest BCUT2D eigenvalue weighted by molar-refractivity contribution is 0.290. The Kier molecular flexibility index (Phi) is 4.19. The second-order valence-corrected chi connectivity index (χ2v) is 2.88. The number of rotatable bonds is 2. The number of hydrogen-bond donors (Lipinski definition) is 1. The normalized spacial score (nSPS) is 9.60. The van der Waals surface area contributed by atoms with Gasteiger partial charge < -0.3 is 5.11 Å². The van der Waals surface area contributed by atoms with Crippen LogP contribution in [0.15, 0.2) is 12.1 Å². The molecule has 0 bridgehead atoms. The quantitative estimate of drug-likeness (QED) is 0.454. The third-order valence-electron chi connectivity index (χ3n) is 1.69. The zero-order valence-electron chi connectivity index (χ0n) is 7.86. The summed E-state index contributed by atoms with van der Waals surface area (Å²) < 4.78 is 38.2. The van der Waals surface area contributed by atoms with Crippen LogP contribution >= 0.6 is 0 Å². The maximum Gasteiger partial charge on any atom is 0.161 e. The molecular weight excluding hydrogens is 205 g/mol. The fourth-order valence-corrected chi connectivity index (χ4v) is 0.944. The molecule has 0 spiro atoms. The van der Waals surface area contributed by atoms with Crippen LogP contribution < -0.4 is 0 Å². The van der Waals surface area contributed by atoms with E-state index in [0.717, 1.165) is 6.07 Å². The second-order valence-electron chi connectivity index (χ2n) is 2.88. The summed E-state index contributed by atoms with van der Waals surface area (Å²) in [5.74, 6) is 1.69. The average molecular weight is 214 g/mol. The van der Waals surface area contributed by atoms with Crippen molar-refractivity contribution in [2.24, 2.45) is 0 Å². The van der Waals surface area contributed by atoms with Gasteiger partial charge in [0.05, 0.1) is 5.56 Å². The van der Waals surface area contributed by atoms with Gasteiger partial charge in [-0.1, -0.05) is 11.8 Å². The third-order valence-corrected chi connectivity index (χ3v) is 1.69. The SMILES string of the molecule is OCCCC#Cc1cc(F)c(F)cc1F. The van der Waals surface area contributed by atoms with E-state index in [0.29, 0.717) is 18.9 Å². The predicted molar refractivity (Wildman–Crippen MR) is 49.5 cm³/mol. The summed E-state index contributed by atoms with van der Waals surface area (Å²) in [6, 6.07) is 1.18. The summed E-state index contributed by atoms with van der Waals surface area (Å²) in [6.45, 7) is -0.00502. The van der Waals surface area contributed by atoms with E-state index in [1.54, 1.807) is 0 Å². The lowest BCUT2D eigenvalue weighted by Crippen LogP contribution is -1.91. The lowest BCUT2D eigenvalue weighted by atomic mass is 10.2. The molecule has 15 heavy (non-hydrogen) atoms. The molecule has 0 unspecified atom stereocenters. The van der Waals surface area contributed by atoms with Crippen molar-refractivity contribution in [2.75, 3.05) is 6.61 Å². The molecule has 0 heterocycles. The molecule has 0 fully saturated rings. The van der Waals surface area contributed by atoms with Gasteiger partial charge in [-0.15, -0.1) is 0 Å². The van der Waals surface area contributed by atoms with E-state index in [1.807, 2.05) is 0 Å². The van der Waals surface area contributed by atoms with E-state index < -0.39 is 17.5 Å². The highest BCUT2D eigenvalue weighted by molar-refractivity contribution is 5.36. The number of aliphatic hydroxyl groups is 1. The first-order chi connectivity index (χ1) is 7.15. The number of halogens is 3. The minimum absolute atomic E-state index is 0.00502. The molecule has 0 aliphatic heterocycles. The van der Waals surface area contributed by atoms with E-state index >= 15 is 0 Å². The molecular formula is C11H9F3O. The van der Waals surface area contributed by atoms with Crippen LogP contribution in [-0.2, 0) is 0 Å². The number of benzene rings is 1. The fourth-order valence-electron chi connectivity index (χ4n) is 0.944. The second kappa shape index (κ2) is 5.42. The van der Waals surface area contributed by atoms with Crippen molar-refractivity contribution in [1.29, 1.82) is 0 Å². The Labute approximate surface area is 85.5 Å². The summed E-state index contributed by atoms with van der Waals surface area (Å²) in [5.41, 5.74) is -0.174. The van der Waals surface area contributed by atoms with Gasteiger partial charge in [-0.25, -0.2) is 13.2 Å². The van der Waals surface area contributed by atoms with Crippen LogP contribution in [0.5, 0.6) is 0 Å². The highest BCUT2D eigenvalue weighted by Gasteiger charge is 2.07. The highest BCUT2D eigenvalue weighted by Crippen LogP contribution is 2.12. The molecule has 1 aromatic rings. The molecule has 1 aromatic carbocycles. The first-order valence-electron chi connectivity index (χ1n) is 4.39. The van der Waals surface area contributed by atoms with E-state index in [1.165, 1.54) is 0 Å². The van der Waals surface area contributed by atoms with Crippen molar-refractivity contribution in [3.8, 4) is 11.8 Å².